The average molecular weight is 263 g/mol. The van der Waals surface area contributed by atoms with E-state index in [1.807, 2.05) is 0 Å². The summed E-state index contributed by atoms with van der Waals surface area (Å²) in [6, 6.07) is 0. The summed E-state index contributed by atoms with van der Waals surface area (Å²) in [5.74, 6) is 0. The van der Waals surface area contributed by atoms with Gasteiger partial charge in [-0.1, -0.05) is 7.43 Å². The first-order chi connectivity index (χ1) is 2.00. The average Bonchev–Trinajstić information content (AvgIpc) is 0.722. The molecule has 0 heterocycles. The zero-order valence-electron chi connectivity index (χ0n) is 2.74. The molecule has 0 spiro atoms. The molecular weight excluding hydrogens is 256 g/mol. The molecule has 1 radical (unpaired) electrons. The molecule has 0 rings (SSSR count). The second kappa shape index (κ2) is 12.3. The van der Waals surface area contributed by atoms with E-state index < -0.39 is 13.4 Å². The molecule has 0 atom stereocenters. The maximum absolute atomic E-state index is 8.80. The molecule has 0 aliphatic carbocycles. The standard InChI is InChI=1S/CH4.Co.Li.Mn.Ni.2H2O.2O.H/h1H4;;;;;2*1H2;;;/q;;;+2;;;;;;/p-2. The zero-order valence-corrected chi connectivity index (χ0v) is 5.95. The van der Waals surface area contributed by atoms with Crippen molar-refractivity contribution in [1.82, 2.24) is 0 Å². The van der Waals surface area contributed by atoms with E-state index in [1.54, 1.807) is 0 Å². The summed E-state index contributed by atoms with van der Waals surface area (Å²) in [5.41, 5.74) is 0. The van der Waals surface area contributed by atoms with E-state index in [9.17, 15) is 0 Å². The van der Waals surface area contributed by atoms with Crippen molar-refractivity contribution in [3.63, 3.8) is 0 Å². The Morgan fingerprint density at radius 1 is 1.11 bits per heavy atom. The van der Waals surface area contributed by atoms with Gasteiger partial charge in [-0.25, -0.2) is 0 Å². The Hall–Kier alpha value is 1.64. The molecule has 0 bridgehead atoms. The molecule has 0 aromatic heterocycles. The molecule has 2 N–H and O–H groups in total. The third-order valence-corrected chi connectivity index (χ3v) is 0. The first-order valence-electron chi connectivity index (χ1n) is 0.647. The molecule has 9 heavy (non-hydrogen) atoms. The molecule has 0 unspecified atom stereocenters. The van der Waals surface area contributed by atoms with Crippen LogP contribution in [0.3, 0.4) is 0 Å². The molecular formula is CH7CoLiMnNiO4. The SMILES string of the molecule is C.[Co].[LiH].[Ni].[O]=[Mn](=[O])([OH])[OH]. The molecule has 4 nitrogen and oxygen atoms in total. The van der Waals surface area contributed by atoms with E-state index in [-0.39, 0.29) is 59.6 Å². The maximum atomic E-state index is 8.80. The Morgan fingerprint density at radius 2 is 1.11 bits per heavy atom. The Bertz CT molecular complexity index is 104. The van der Waals surface area contributed by atoms with Gasteiger partial charge in [0.25, 0.3) is 0 Å². The van der Waals surface area contributed by atoms with Gasteiger partial charge in [0, 0.05) is 33.3 Å². The molecule has 0 saturated heterocycles. The van der Waals surface area contributed by atoms with Crippen molar-refractivity contribution in [3.8, 4) is 0 Å². The number of hydrogen-bond donors (Lipinski definition) is 2. The minimum absolute atomic E-state index is 0. The molecule has 0 aromatic carbocycles. The molecule has 0 amide bonds. The summed E-state index contributed by atoms with van der Waals surface area (Å²) in [4.78, 5) is 0. The fourth-order valence-electron chi connectivity index (χ4n) is 0. The van der Waals surface area contributed by atoms with E-state index in [2.05, 4.69) is 0 Å². The summed E-state index contributed by atoms with van der Waals surface area (Å²) >= 11 is -5.12. The summed E-state index contributed by atoms with van der Waals surface area (Å²) in [6.07, 6.45) is 0. The van der Waals surface area contributed by atoms with Gasteiger partial charge in [-0.3, -0.25) is 0 Å². The van der Waals surface area contributed by atoms with Gasteiger partial charge in [-0.15, -0.1) is 0 Å². The predicted octanol–water partition coefficient (Wildman–Crippen LogP) is -1.37. The molecule has 0 aromatic rings. The Labute approximate surface area is 88.4 Å². The van der Waals surface area contributed by atoms with Crippen LogP contribution in [0.4, 0.5) is 0 Å². The van der Waals surface area contributed by atoms with Crippen LogP contribution in [0.1, 0.15) is 7.43 Å². The summed E-state index contributed by atoms with van der Waals surface area (Å²) in [6.45, 7) is 0. The van der Waals surface area contributed by atoms with Gasteiger partial charge in [0.05, 0.1) is 0 Å². The van der Waals surface area contributed by atoms with Crippen LogP contribution in [0.25, 0.3) is 0 Å². The third-order valence-electron chi connectivity index (χ3n) is 0. The van der Waals surface area contributed by atoms with Crippen LogP contribution < -0.4 is 0 Å². The van der Waals surface area contributed by atoms with E-state index in [0.29, 0.717) is 0 Å². The van der Waals surface area contributed by atoms with Gasteiger partial charge in [0.15, 0.2) is 0 Å². The molecule has 0 aliphatic rings. The van der Waals surface area contributed by atoms with Crippen molar-refractivity contribution < 1.29 is 62.7 Å². The second-order valence-electron chi connectivity index (χ2n) is 0.415. The molecule has 0 aliphatic heterocycles. The normalized spacial score (nSPS) is 6.44. The van der Waals surface area contributed by atoms with E-state index in [1.165, 1.54) is 0 Å². The van der Waals surface area contributed by atoms with Crippen molar-refractivity contribution in [3.05, 3.63) is 0 Å². The van der Waals surface area contributed by atoms with Crippen molar-refractivity contribution >= 4 is 18.9 Å². The topological polar surface area (TPSA) is 74.6 Å². The van der Waals surface area contributed by atoms with Crippen molar-refractivity contribution in [2.24, 2.45) is 0 Å². The van der Waals surface area contributed by atoms with Crippen LogP contribution in [0.2, 0.25) is 0 Å². The monoisotopic (exact) mass is 262 g/mol. The third kappa shape index (κ3) is 210. The number of rotatable bonds is 0. The van der Waals surface area contributed by atoms with Crippen molar-refractivity contribution in [1.29, 1.82) is 0 Å². The first kappa shape index (κ1) is 31.1. The summed E-state index contributed by atoms with van der Waals surface area (Å²) in [5, 5.41) is 0. The van der Waals surface area contributed by atoms with Crippen LogP contribution in [-0.2, 0) is 54.3 Å². The quantitative estimate of drug-likeness (QED) is 0.528. The van der Waals surface area contributed by atoms with Gasteiger partial charge >= 0.3 is 48.3 Å². The zero-order chi connectivity index (χ0) is 4.50. The Kier molecular flexibility index (Phi) is 42.6. The second-order valence-corrected chi connectivity index (χ2v) is 1.71. The van der Waals surface area contributed by atoms with Crippen LogP contribution in [0.5, 0.6) is 0 Å². The molecule has 0 fully saturated rings. The molecule has 8 heteroatoms. The van der Waals surface area contributed by atoms with E-state index in [0.717, 1.165) is 0 Å². The Morgan fingerprint density at radius 3 is 1.11 bits per heavy atom. The van der Waals surface area contributed by atoms with Crippen LogP contribution in [0.15, 0.2) is 0 Å². The molecule has 62 valence electrons. The Balaban J connectivity index is -0.0000000133. The van der Waals surface area contributed by atoms with Gasteiger partial charge in [-0.05, 0) is 0 Å². The summed E-state index contributed by atoms with van der Waals surface area (Å²) in [7, 11) is 0. The van der Waals surface area contributed by atoms with Gasteiger partial charge in [0.1, 0.15) is 0 Å². The first-order valence-corrected chi connectivity index (χ1v) is 2.67. The van der Waals surface area contributed by atoms with Gasteiger partial charge in [0.2, 0.25) is 0 Å². The van der Waals surface area contributed by atoms with Gasteiger partial charge in [-0.2, -0.15) is 0 Å². The minimum atomic E-state index is -5.12. The summed E-state index contributed by atoms with van der Waals surface area (Å²) < 4.78 is 31.8. The van der Waals surface area contributed by atoms with Crippen LogP contribution in [0, 0.1) is 0 Å². The van der Waals surface area contributed by atoms with Crippen molar-refractivity contribution in [2.45, 2.75) is 7.43 Å². The molecule has 0 saturated carbocycles. The fraction of sp³-hybridized carbons (Fsp3) is 1.00. The fourth-order valence-corrected chi connectivity index (χ4v) is 0. The van der Waals surface area contributed by atoms with E-state index >= 15 is 0 Å². The van der Waals surface area contributed by atoms with Crippen molar-refractivity contribution in [2.75, 3.05) is 0 Å². The van der Waals surface area contributed by atoms with Crippen LogP contribution >= 0.6 is 0 Å². The predicted molar refractivity (Wildman–Crippen MR) is 19.7 cm³/mol. The van der Waals surface area contributed by atoms with Crippen LogP contribution in [-0.4, -0.2) is 27.2 Å². The van der Waals surface area contributed by atoms with Gasteiger partial charge < -0.3 is 0 Å². The van der Waals surface area contributed by atoms with E-state index in [4.69, 9.17) is 16.0 Å². The number of hydrogen-bond acceptors (Lipinski definition) is 2.